The van der Waals surface area contributed by atoms with Crippen molar-refractivity contribution in [2.75, 3.05) is 24.5 Å². The Morgan fingerprint density at radius 2 is 1.93 bits per heavy atom. The molecule has 1 saturated heterocycles. The predicted octanol–water partition coefficient (Wildman–Crippen LogP) is 2.61. The van der Waals surface area contributed by atoms with Gasteiger partial charge in [0.25, 0.3) is 0 Å². The molecule has 1 N–H and O–H groups in total. The van der Waals surface area contributed by atoms with Crippen LogP contribution in [-0.4, -0.2) is 50.4 Å². The lowest BCUT2D eigenvalue weighted by molar-refractivity contribution is 0.399. The maximum atomic E-state index is 4.82. The van der Waals surface area contributed by atoms with Crippen molar-refractivity contribution < 1.29 is 0 Å². The van der Waals surface area contributed by atoms with Gasteiger partial charge in [0.2, 0.25) is 5.95 Å². The smallest absolute Gasteiger partial charge is 0.225 e. The number of piperidine rings is 1. The number of aryl methyl sites for hydroxylation is 2. The normalized spacial score (nSPS) is 15.1. The molecule has 3 aromatic heterocycles. The van der Waals surface area contributed by atoms with Crippen molar-refractivity contribution in [2.45, 2.75) is 39.3 Å². The fraction of sp³-hybridized carbons (Fsp3) is 0.429. The largest absolute Gasteiger partial charge is 0.341 e. The Bertz CT molecular complexity index is 899. The topological polar surface area (TPSA) is 71.8 Å². The van der Waals surface area contributed by atoms with Crippen molar-refractivity contribution in [2.24, 2.45) is 0 Å². The van der Waals surface area contributed by atoms with Gasteiger partial charge >= 0.3 is 0 Å². The summed E-state index contributed by atoms with van der Waals surface area (Å²) in [6.45, 7) is 7.82. The molecule has 1 aliphatic rings. The van der Waals surface area contributed by atoms with Crippen LogP contribution in [0.15, 0.2) is 42.9 Å². The Morgan fingerprint density at radius 3 is 2.68 bits per heavy atom. The summed E-state index contributed by atoms with van der Waals surface area (Å²) >= 11 is 0. The molecule has 1 fully saturated rings. The molecule has 0 bridgehead atoms. The van der Waals surface area contributed by atoms with Gasteiger partial charge in [-0.05, 0) is 51.0 Å². The van der Waals surface area contributed by atoms with Crippen LogP contribution in [0.25, 0.3) is 11.3 Å². The van der Waals surface area contributed by atoms with Crippen LogP contribution >= 0.6 is 0 Å². The maximum Gasteiger partial charge on any atom is 0.225 e. The third-order valence-electron chi connectivity index (χ3n) is 5.25. The number of hydrogen-bond acceptors (Lipinski definition) is 6. The molecule has 0 aliphatic carbocycles. The predicted molar refractivity (Wildman–Crippen MR) is 110 cm³/mol. The monoisotopic (exact) mass is 377 g/mol. The Labute approximate surface area is 165 Å². The first kappa shape index (κ1) is 18.6. The zero-order valence-electron chi connectivity index (χ0n) is 16.5. The molecule has 0 spiro atoms. The van der Waals surface area contributed by atoms with E-state index < -0.39 is 0 Å². The summed E-state index contributed by atoms with van der Waals surface area (Å²) < 4.78 is 1.96. The zero-order valence-corrected chi connectivity index (χ0v) is 16.5. The van der Waals surface area contributed by atoms with E-state index in [9.17, 15) is 0 Å². The van der Waals surface area contributed by atoms with Gasteiger partial charge in [-0.1, -0.05) is 0 Å². The summed E-state index contributed by atoms with van der Waals surface area (Å²) in [5.74, 6) is 0.812. The van der Waals surface area contributed by atoms with E-state index in [-0.39, 0.29) is 0 Å². The second-order valence-corrected chi connectivity index (χ2v) is 7.31. The first-order chi connectivity index (χ1) is 13.7. The fourth-order valence-electron chi connectivity index (χ4n) is 3.71. The third kappa shape index (κ3) is 4.36. The molecular formula is C21H27N7. The van der Waals surface area contributed by atoms with E-state index in [1.165, 1.54) is 0 Å². The fourth-order valence-corrected chi connectivity index (χ4v) is 3.71. The highest BCUT2D eigenvalue weighted by molar-refractivity contribution is 5.62. The lowest BCUT2D eigenvalue weighted by Gasteiger charge is -2.32. The van der Waals surface area contributed by atoms with Crippen LogP contribution in [0.3, 0.4) is 0 Å². The van der Waals surface area contributed by atoms with E-state index in [1.807, 2.05) is 55.3 Å². The molecule has 1 aliphatic heterocycles. The maximum absolute atomic E-state index is 4.82. The van der Waals surface area contributed by atoms with Crippen molar-refractivity contribution in [1.82, 2.24) is 30.0 Å². The molecule has 0 radical (unpaired) electrons. The average molecular weight is 377 g/mol. The summed E-state index contributed by atoms with van der Waals surface area (Å²) in [5.41, 5.74) is 4.04. The molecule has 146 valence electrons. The summed E-state index contributed by atoms with van der Waals surface area (Å²) in [6.07, 6.45) is 7.86. The number of anilines is 1. The van der Waals surface area contributed by atoms with Crippen LogP contribution in [0.4, 0.5) is 5.95 Å². The van der Waals surface area contributed by atoms with Gasteiger partial charge < -0.3 is 10.2 Å². The van der Waals surface area contributed by atoms with Crippen LogP contribution in [0.5, 0.6) is 0 Å². The molecule has 7 nitrogen and oxygen atoms in total. The molecular weight excluding hydrogens is 350 g/mol. The lowest BCUT2D eigenvalue weighted by atomic mass is 10.1. The minimum atomic E-state index is 0.540. The quantitative estimate of drug-likeness (QED) is 0.712. The Hall–Kier alpha value is -2.80. The van der Waals surface area contributed by atoms with Crippen molar-refractivity contribution in [1.29, 1.82) is 0 Å². The van der Waals surface area contributed by atoms with E-state index in [1.54, 1.807) is 0 Å². The van der Waals surface area contributed by atoms with Gasteiger partial charge in [0.15, 0.2) is 0 Å². The first-order valence-corrected chi connectivity index (χ1v) is 9.92. The summed E-state index contributed by atoms with van der Waals surface area (Å²) in [5, 5.41) is 7.89. The van der Waals surface area contributed by atoms with E-state index in [0.29, 0.717) is 6.04 Å². The Kier molecular flexibility index (Phi) is 5.62. The minimum Gasteiger partial charge on any atom is -0.341 e. The Balaban J connectivity index is 1.34. The number of nitrogens with one attached hydrogen (secondary N) is 1. The van der Waals surface area contributed by atoms with Gasteiger partial charge in [-0.25, -0.2) is 9.97 Å². The van der Waals surface area contributed by atoms with Gasteiger partial charge in [0.05, 0.1) is 12.2 Å². The van der Waals surface area contributed by atoms with Gasteiger partial charge in [-0.3, -0.25) is 9.67 Å². The molecule has 0 saturated carbocycles. The number of aromatic nitrogens is 5. The third-order valence-corrected chi connectivity index (χ3v) is 5.25. The number of rotatable bonds is 6. The summed E-state index contributed by atoms with van der Waals surface area (Å²) in [6, 6.07) is 8.59. The van der Waals surface area contributed by atoms with Crippen LogP contribution in [-0.2, 0) is 6.54 Å². The highest BCUT2D eigenvalue weighted by atomic mass is 15.3. The number of pyridine rings is 1. The minimum absolute atomic E-state index is 0.540. The number of hydrogen-bond donors (Lipinski definition) is 1. The highest BCUT2D eigenvalue weighted by Gasteiger charge is 2.21. The van der Waals surface area contributed by atoms with E-state index >= 15 is 0 Å². The highest BCUT2D eigenvalue weighted by Crippen LogP contribution is 2.23. The van der Waals surface area contributed by atoms with Gasteiger partial charge in [0.1, 0.15) is 0 Å². The van der Waals surface area contributed by atoms with Crippen LogP contribution in [0.2, 0.25) is 0 Å². The molecule has 4 rings (SSSR count). The second kappa shape index (κ2) is 8.48. The number of nitrogens with zero attached hydrogens (tertiary/aromatic N) is 6. The second-order valence-electron chi connectivity index (χ2n) is 7.31. The SMILES string of the molecule is Cc1ccc(-c2ccnc(N3CCC(NCCn4cccn4)CC3)n2)c(C)n1. The lowest BCUT2D eigenvalue weighted by Crippen LogP contribution is -2.44. The standard InChI is InChI=1S/C21H27N7/c1-16-4-5-19(17(2)25-16)20-6-10-23-21(26-20)27-13-7-18(8-14-27)22-11-15-28-12-3-9-24-28/h3-6,9-10,12,18,22H,7-8,11,13-15H2,1-2H3. The van der Waals surface area contributed by atoms with Gasteiger partial charge in [0, 0.05) is 61.2 Å². The molecule has 0 unspecified atom stereocenters. The van der Waals surface area contributed by atoms with E-state index in [2.05, 4.69) is 31.3 Å². The summed E-state index contributed by atoms with van der Waals surface area (Å²) in [7, 11) is 0. The zero-order chi connectivity index (χ0) is 19.3. The molecule has 28 heavy (non-hydrogen) atoms. The van der Waals surface area contributed by atoms with Crippen molar-refractivity contribution >= 4 is 5.95 Å². The average Bonchev–Trinajstić information content (AvgIpc) is 3.22. The Morgan fingerprint density at radius 1 is 1.07 bits per heavy atom. The van der Waals surface area contributed by atoms with Crippen LogP contribution < -0.4 is 10.2 Å². The molecule has 0 aromatic carbocycles. The first-order valence-electron chi connectivity index (χ1n) is 9.92. The van der Waals surface area contributed by atoms with Crippen LogP contribution in [0, 0.1) is 13.8 Å². The molecule has 4 heterocycles. The van der Waals surface area contributed by atoms with Crippen molar-refractivity contribution in [3.63, 3.8) is 0 Å². The summed E-state index contributed by atoms with van der Waals surface area (Å²) in [4.78, 5) is 16.2. The van der Waals surface area contributed by atoms with E-state index in [0.717, 1.165) is 67.6 Å². The van der Waals surface area contributed by atoms with Crippen molar-refractivity contribution in [3.8, 4) is 11.3 Å². The van der Waals surface area contributed by atoms with Gasteiger partial charge in [-0.15, -0.1) is 0 Å². The molecule has 7 heteroatoms. The van der Waals surface area contributed by atoms with Crippen LogP contribution in [0.1, 0.15) is 24.2 Å². The van der Waals surface area contributed by atoms with Crippen molar-refractivity contribution in [3.05, 3.63) is 54.2 Å². The van der Waals surface area contributed by atoms with Gasteiger partial charge in [-0.2, -0.15) is 5.10 Å². The van der Waals surface area contributed by atoms with E-state index in [4.69, 9.17) is 4.98 Å². The molecule has 0 amide bonds. The molecule has 3 aromatic rings. The molecule has 0 atom stereocenters.